The number of nitriles is 1. The van der Waals surface area contributed by atoms with Gasteiger partial charge < -0.3 is 4.57 Å². The number of benzene rings is 2. The third-order valence-electron chi connectivity index (χ3n) is 3.39. The van der Waals surface area contributed by atoms with Gasteiger partial charge in [-0.25, -0.2) is 4.98 Å². The Morgan fingerprint density at radius 2 is 2.00 bits per heavy atom. The minimum absolute atomic E-state index is 0.122. The van der Waals surface area contributed by atoms with E-state index in [1.54, 1.807) is 17.0 Å². The first-order valence-electron chi connectivity index (χ1n) is 6.71. The Balaban J connectivity index is 1.97. The number of carbonyl (C=O) groups is 1. The van der Waals surface area contributed by atoms with Gasteiger partial charge in [0.15, 0.2) is 5.82 Å². The van der Waals surface area contributed by atoms with Crippen molar-refractivity contribution < 1.29 is 4.79 Å². The van der Waals surface area contributed by atoms with E-state index in [2.05, 4.69) is 11.1 Å². The van der Waals surface area contributed by atoms with Gasteiger partial charge in [-0.2, -0.15) is 5.26 Å². The van der Waals surface area contributed by atoms with Gasteiger partial charge in [0.1, 0.15) is 0 Å². The number of imidazole rings is 1. The van der Waals surface area contributed by atoms with Crippen LogP contribution in [0.5, 0.6) is 0 Å². The van der Waals surface area contributed by atoms with Crippen molar-refractivity contribution in [3.8, 4) is 6.07 Å². The first kappa shape index (κ1) is 13.1. The van der Waals surface area contributed by atoms with E-state index < -0.39 is 0 Å². The monoisotopic (exact) mass is 275 g/mol. The van der Waals surface area contributed by atoms with E-state index >= 15 is 0 Å². The van der Waals surface area contributed by atoms with Crippen LogP contribution in [0.25, 0.3) is 10.8 Å². The number of carbonyl (C=O) groups excluding carboxylic acids is 1. The van der Waals surface area contributed by atoms with Crippen molar-refractivity contribution in [3.05, 3.63) is 66.2 Å². The SMILES string of the molecule is N#CCCn1ccnc1C(=O)c1ccc2ccccc2c1. The zero-order valence-corrected chi connectivity index (χ0v) is 11.4. The molecule has 3 rings (SSSR count). The third kappa shape index (κ3) is 2.54. The highest BCUT2D eigenvalue weighted by Crippen LogP contribution is 2.17. The number of hydrogen-bond donors (Lipinski definition) is 0. The van der Waals surface area contributed by atoms with Crippen LogP contribution >= 0.6 is 0 Å². The van der Waals surface area contributed by atoms with E-state index in [0.29, 0.717) is 24.4 Å². The Morgan fingerprint density at radius 3 is 2.81 bits per heavy atom. The van der Waals surface area contributed by atoms with Crippen LogP contribution in [0.1, 0.15) is 22.6 Å². The summed E-state index contributed by atoms with van der Waals surface area (Å²) in [7, 11) is 0. The van der Waals surface area contributed by atoms with Crippen LogP contribution in [-0.4, -0.2) is 15.3 Å². The number of hydrogen-bond acceptors (Lipinski definition) is 3. The first-order chi connectivity index (χ1) is 10.3. The van der Waals surface area contributed by atoms with Crippen LogP contribution in [0.4, 0.5) is 0 Å². The molecule has 0 atom stereocenters. The van der Waals surface area contributed by atoms with Crippen molar-refractivity contribution in [2.75, 3.05) is 0 Å². The zero-order valence-electron chi connectivity index (χ0n) is 11.4. The fourth-order valence-electron chi connectivity index (χ4n) is 2.33. The van der Waals surface area contributed by atoms with Crippen LogP contribution in [0.3, 0.4) is 0 Å². The molecule has 0 amide bonds. The molecule has 4 nitrogen and oxygen atoms in total. The summed E-state index contributed by atoms with van der Waals surface area (Å²) in [6.45, 7) is 0.477. The molecule has 0 aliphatic rings. The minimum atomic E-state index is -0.122. The van der Waals surface area contributed by atoms with E-state index in [1.165, 1.54) is 0 Å². The fraction of sp³-hybridized carbons (Fsp3) is 0.118. The summed E-state index contributed by atoms with van der Waals surface area (Å²) in [5, 5.41) is 10.8. The highest BCUT2D eigenvalue weighted by atomic mass is 16.1. The van der Waals surface area contributed by atoms with Gasteiger partial charge in [0.25, 0.3) is 0 Å². The highest BCUT2D eigenvalue weighted by Gasteiger charge is 2.15. The molecule has 0 radical (unpaired) electrons. The summed E-state index contributed by atoms with van der Waals surface area (Å²) >= 11 is 0. The summed E-state index contributed by atoms with van der Waals surface area (Å²) in [4.78, 5) is 16.7. The number of fused-ring (bicyclic) bond motifs is 1. The number of ketones is 1. The quantitative estimate of drug-likeness (QED) is 0.687. The highest BCUT2D eigenvalue weighted by molar-refractivity contribution is 6.08. The van der Waals surface area contributed by atoms with Gasteiger partial charge in [-0.1, -0.05) is 36.4 Å². The molecular weight excluding hydrogens is 262 g/mol. The number of aryl methyl sites for hydroxylation is 1. The topological polar surface area (TPSA) is 58.7 Å². The lowest BCUT2D eigenvalue weighted by molar-refractivity contribution is 0.102. The zero-order chi connectivity index (χ0) is 14.7. The molecule has 0 aliphatic heterocycles. The second kappa shape index (κ2) is 5.59. The molecule has 0 spiro atoms. The van der Waals surface area contributed by atoms with Crippen LogP contribution < -0.4 is 0 Å². The molecule has 4 heteroatoms. The molecule has 0 aliphatic carbocycles. The maximum absolute atomic E-state index is 12.6. The van der Waals surface area contributed by atoms with Gasteiger partial charge in [0.2, 0.25) is 5.78 Å². The normalized spacial score (nSPS) is 10.4. The summed E-state index contributed by atoms with van der Waals surface area (Å²) in [5.74, 6) is 0.254. The summed E-state index contributed by atoms with van der Waals surface area (Å²) in [6.07, 6.45) is 3.67. The molecule has 0 bridgehead atoms. The van der Waals surface area contributed by atoms with Crippen LogP contribution in [0.2, 0.25) is 0 Å². The predicted molar refractivity (Wildman–Crippen MR) is 79.8 cm³/mol. The van der Waals surface area contributed by atoms with E-state index in [9.17, 15) is 4.79 Å². The Kier molecular flexibility index (Phi) is 3.48. The lowest BCUT2D eigenvalue weighted by Gasteiger charge is -2.06. The van der Waals surface area contributed by atoms with E-state index in [0.717, 1.165) is 10.8 Å². The molecule has 102 valence electrons. The molecular formula is C17H13N3O. The molecule has 1 aromatic heterocycles. The van der Waals surface area contributed by atoms with Gasteiger partial charge in [-0.15, -0.1) is 0 Å². The largest absolute Gasteiger partial charge is 0.327 e. The van der Waals surface area contributed by atoms with Crippen molar-refractivity contribution >= 4 is 16.6 Å². The molecule has 0 fully saturated rings. The van der Waals surface area contributed by atoms with E-state index in [1.807, 2.05) is 42.5 Å². The van der Waals surface area contributed by atoms with E-state index in [-0.39, 0.29) is 5.78 Å². The van der Waals surface area contributed by atoms with Crippen molar-refractivity contribution in [2.24, 2.45) is 0 Å². The molecule has 21 heavy (non-hydrogen) atoms. The average Bonchev–Trinajstić information content (AvgIpc) is 3.00. The van der Waals surface area contributed by atoms with Crippen molar-refractivity contribution in [3.63, 3.8) is 0 Å². The predicted octanol–water partition coefficient (Wildman–Crippen LogP) is 3.18. The second-order valence-electron chi connectivity index (χ2n) is 4.74. The first-order valence-corrected chi connectivity index (χ1v) is 6.71. The smallest absolute Gasteiger partial charge is 0.228 e. The van der Waals surface area contributed by atoms with E-state index in [4.69, 9.17) is 5.26 Å². The fourth-order valence-corrected chi connectivity index (χ4v) is 2.33. The lowest BCUT2D eigenvalue weighted by Crippen LogP contribution is -2.11. The second-order valence-corrected chi connectivity index (χ2v) is 4.74. The minimum Gasteiger partial charge on any atom is -0.327 e. The molecule has 2 aromatic carbocycles. The Morgan fingerprint density at radius 1 is 1.19 bits per heavy atom. The van der Waals surface area contributed by atoms with Crippen molar-refractivity contribution in [1.29, 1.82) is 5.26 Å². The maximum atomic E-state index is 12.6. The Bertz CT molecular complexity index is 842. The van der Waals surface area contributed by atoms with Crippen molar-refractivity contribution in [2.45, 2.75) is 13.0 Å². The Hall–Kier alpha value is -2.93. The van der Waals surface area contributed by atoms with Crippen molar-refractivity contribution in [1.82, 2.24) is 9.55 Å². The van der Waals surface area contributed by atoms with Gasteiger partial charge in [-0.05, 0) is 16.8 Å². The maximum Gasteiger partial charge on any atom is 0.228 e. The van der Waals surface area contributed by atoms with Gasteiger partial charge in [0.05, 0.1) is 12.5 Å². The summed E-state index contributed by atoms with van der Waals surface area (Å²) in [6, 6.07) is 15.6. The molecule has 1 heterocycles. The summed E-state index contributed by atoms with van der Waals surface area (Å²) < 4.78 is 1.72. The average molecular weight is 275 g/mol. The number of aromatic nitrogens is 2. The van der Waals surface area contributed by atoms with Crippen LogP contribution in [0, 0.1) is 11.3 Å². The molecule has 3 aromatic rings. The number of rotatable bonds is 4. The molecule has 0 saturated heterocycles. The Labute approximate surface area is 122 Å². The van der Waals surface area contributed by atoms with Gasteiger partial charge in [-0.3, -0.25) is 4.79 Å². The molecule has 0 N–H and O–H groups in total. The molecule has 0 saturated carbocycles. The summed E-state index contributed by atoms with van der Waals surface area (Å²) in [5.41, 5.74) is 0.609. The third-order valence-corrected chi connectivity index (χ3v) is 3.39. The van der Waals surface area contributed by atoms with Gasteiger partial charge in [0, 0.05) is 24.5 Å². The lowest BCUT2D eigenvalue weighted by atomic mass is 10.0. The standard InChI is InChI=1S/C17H13N3O/c18-8-3-10-20-11-9-19-17(20)16(21)15-7-6-13-4-1-2-5-14(13)12-15/h1-2,4-7,9,11-12H,3,10H2. The molecule has 0 unspecified atom stereocenters. The van der Waals surface area contributed by atoms with Crippen LogP contribution in [-0.2, 0) is 6.54 Å². The van der Waals surface area contributed by atoms with Gasteiger partial charge >= 0.3 is 0 Å². The number of nitrogens with zero attached hydrogens (tertiary/aromatic N) is 3. The van der Waals surface area contributed by atoms with Crippen LogP contribution in [0.15, 0.2) is 54.9 Å².